The van der Waals surface area contributed by atoms with Gasteiger partial charge in [-0.2, -0.15) is 0 Å². The molecule has 1 aliphatic heterocycles. The number of thioether (sulfide) groups is 1. The molecule has 1 rings (SSSR count). The average molecular weight is 370 g/mol. The number of nitrogens with zero attached hydrogens (tertiary/aromatic N) is 2. The van der Waals surface area contributed by atoms with Crippen molar-refractivity contribution in [1.82, 2.24) is 10.2 Å². The molecule has 1 atom stereocenters. The van der Waals surface area contributed by atoms with Gasteiger partial charge in [0.25, 0.3) is 0 Å². The Kier molecular flexibility index (Phi) is 11.6. The van der Waals surface area contributed by atoms with E-state index in [1.807, 2.05) is 0 Å². The van der Waals surface area contributed by atoms with Crippen LogP contribution in [0.5, 0.6) is 0 Å². The third kappa shape index (κ3) is 8.25. The predicted molar refractivity (Wildman–Crippen MR) is 107 cm³/mol. The molecule has 25 heavy (non-hydrogen) atoms. The van der Waals surface area contributed by atoms with Crippen molar-refractivity contribution in [3.63, 3.8) is 0 Å². The van der Waals surface area contributed by atoms with Crippen LogP contribution in [-0.4, -0.2) is 46.8 Å². The quantitative estimate of drug-likeness (QED) is 0.500. The van der Waals surface area contributed by atoms with Gasteiger partial charge in [-0.15, -0.1) is 0 Å². The van der Waals surface area contributed by atoms with Gasteiger partial charge in [-0.1, -0.05) is 64.6 Å². The van der Waals surface area contributed by atoms with Crippen molar-refractivity contribution in [2.75, 3.05) is 19.6 Å². The highest BCUT2D eigenvalue weighted by Crippen LogP contribution is 2.30. The molecular weight excluding hydrogens is 334 g/mol. The lowest BCUT2D eigenvalue weighted by atomic mass is 10.2. The van der Waals surface area contributed by atoms with E-state index >= 15 is 0 Å². The Morgan fingerprint density at radius 2 is 1.80 bits per heavy atom. The monoisotopic (exact) mass is 369 g/mol. The normalized spacial score (nSPS) is 19.0. The maximum atomic E-state index is 12.6. The van der Waals surface area contributed by atoms with E-state index in [4.69, 9.17) is 0 Å². The zero-order chi connectivity index (χ0) is 18.5. The van der Waals surface area contributed by atoms with E-state index in [9.17, 15) is 9.59 Å². The Balaban J connectivity index is 2.51. The number of carbonyl (C=O) groups is 2. The van der Waals surface area contributed by atoms with Gasteiger partial charge in [0.05, 0.1) is 0 Å². The second-order valence-corrected chi connectivity index (χ2v) is 7.75. The van der Waals surface area contributed by atoms with Crippen LogP contribution in [0.15, 0.2) is 4.99 Å². The Hall–Kier alpha value is -1.04. The number of amidine groups is 1. The van der Waals surface area contributed by atoms with Gasteiger partial charge in [-0.3, -0.25) is 19.5 Å². The minimum atomic E-state index is -0.312. The van der Waals surface area contributed by atoms with E-state index in [1.165, 1.54) is 24.6 Å². The molecule has 5 nitrogen and oxygen atoms in total. The first-order valence-electron chi connectivity index (χ1n) is 9.93. The van der Waals surface area contributed by atoms with Crippen molar-refractivity contribution in [2.45, 2.75) is 83.8 Å². The lowest BCUT2D eigenvalue weighted by molar-refractivity contribution is -0.129. The molecule has 1 saturated heterocycles. The Labute approximate surface area is 157 Å². The summed E-state index contributed by atoms with van der Waals surface area (Å²) >= 11 is 1.47. The summed E-state index contributed by atoms with van der Waals surface area (Å²) in [6.07, 6.45) is 8.94. The minimum Gasteiger partial charge on any atom is -0.356 e. The summed E-state index contributed by atoms with van der Waals surface area (Å²) in [5.41, 5.74) is 0. The van der Waals surface area contributed by atoms with Crippen molar-refractivity contribution in [3.8, 4) is 0 Å². The van der Waals surface area contributed by atoms with Crippen molar-refractivity contribution >= 4 is 28.7 Å². The molecule has 0 bridgehead atoms. The fourth-order valence-corrected chi connectivity index (χ4v) is 3.83. The van der Waals surface area contributed by atoms with Gasteiger partial charge in [0.1, 0.15) is 5.25 Å². The number of hydrogen-bond donors (Lipinski definition) is 1. The van der Waals surface area contributed by atoms with Crippen LogP contribution in [0.25, 0.3) is 0 Å². The van der Waals surface area contributed by atoms with Crippen molar-refractivity contribution in [2.24, 2.45) is 4.99 Å². The Morgan fingerprint density at radius 3 is 2.48 bits per heavy atom. The average Bonchev–Trinajstić information content (AvgIpc) is 2.88. The summed E-state index contributed by atoms with van der Waals surface area (Å²) in [6, 6.07) is 0. The molecule has 0 aromatic carbocycles. The van der Waals surface area contributed by atoms with Crippen LogP contribution in [0.3, 0.4) is 0 Å². The smallest absolute Gasteiger partial charge is 0.242 e. The summed E-state index contributed by atoms with van der Waals surface area (Å²) in [5, 5.41) is 3.45. The van der Waals surface area contributed by atoms with Gasteiger partial charge >= 0.3 is 0 Å². The number of rotatable bonds is 13. The maximum absolute atomic E-state index is 12.6. The first-order chi connectivity index (χ1) is 12.1. The SMILES string of the molecule is CCCCCCNC(=O)C[C@@H]1SC(=NCCCC)N(CCCC)C1=O. The van der Waals surface area contributed by atoms with Crippen molar-refractivity contribution in [3.05, 3.63) is 0 Å². The molecule has 0 aromatic rings. The number of carbonyl (C=O) groups excluding carboxylic acids is 2. The third-order valence-corrected chi connectivity index (χ3v) is 5.45. The highest BCUT2D eigenvalue weighted by molar-refractivity contribution is 8.15. The highest BCUT2D eigenvalue weighted by atomic mass is 32.2. The molecule has 0 aromatic heterocycles. The largest absolute Gasteiger partial charge is 0.356 e. The number of unbranched alkanes of at least 4 members (excludes halogenated alkanes) is 5. The standard InChI is InChI=1S/C19H35N3O2S/c1-4-7-10-11-13-20-17(23)15-16-18(24)22(14-9-6-3)19(25-16)21-12-8-5-2/h16H,4-15H2,1-3H3,(H,20,23)/t16-/m0/s1. The third-order valence-electron chi connectivity index (χ3n) is 4.24. The first-order valence-corrected chi connectivity index (χ1v) is 10.8. The molecule has 0 spiro atoms. The summed E-state index contributed by atoms with van der Waals surface area (Å²) < 4.78 is 0. The number of hydrogen-bond acceptors (Lipinski definition) is 4. The second kappa shape index (κ2) is 13.2. The summed E-state index contributed by atoms with van der Waals surface area (Å²) in [4.78, 5) is 31.2. The zero-order valence-corrected chi connectivity index (χ0v) is 17.0. The molecule has 144 valence electrons. The van der Waals surface area contributed by atoms with Gasteiger partial charge in [0.2, 0.25) is 11.8 Å². The lowest BCUT2D eigenvalue weighted by Gasteiger charge is -2.15. The van der Waals surface area contributed by atoms with Crippen LogP contribution in [0, 0.1) is 0 Å². The summed E-state index contributed by atoms with van der Waals surface area (Å²) in [6.45, 7) is 8.60. The molecule has 1 aliphatic rings. The molecule has 0 aliphatic carbocycles. The second-order valence-electron chi connectivity index (χ2n) is 6.58. The van der Waals surface area contributed by atoms with Crippen LogP contribution < -0.4 is 5.32 Å². The van der Waals surface area contributed by atoms with E-state index in [2.05, 4.69) is 31.1 Å². The number of aliphatic imine (C=N–C) groups is 1. The fourth-order valence-electron chi connectivity index (χ4n) is 2.64. The van der Waals surface area contributed by atoms with Gasteiger partial charge in [-0.25, -0.2) is 0 Å². The van der Waals surface area contributed by atoms with E-state index in [0.717, 1.165) is 50.2 Å². The Bertz CT molecular complexity index is 440. The van der Waals surface area contributed by atoms with Crippen LogP contribution in [0.4, 0.5) is 0 Å². The van der Waals surface area contributed by atoms with Gasteiger partial charge in [0.15, 0.2) is 5.17 Å². The topological polar surface area (TPSA) is 61.8 Å². The molecule has 0 saturated carbocycles. The molecule has 0 unspecified atom stereocenters. The summed E-state index contributed by atoms with van der Waals surface area (Å²) in [5.74, 6) is 0.0300. The molecular formula is C19H35N3O2S. The van der Waals surface area contributed by atoms with Gasteiger partial charge < -0.3 is 5.32 Å². The molecule has 1 N–H and O–H groups in total. The van der Waals surface area contributed by atoms with Crippen molar-refractivity contribution < 1.29 is 9.59 Å². The molecule has 0 radical (unpaired) electrons. The first kappa shape index (κ1) is 22.0. The van der Waals surface area contributed by atoms with Crippen molar-refractivity contribution in [1.29, 1.82) is 0 Å². The summed E-state index contributed by atoms with van der Waals surface area (Å²) in [7, 11) is 0. The molecule has 1 heterocycles. The van der Waals surface area contributed by atoms with E-state index < -0.39 is 0 Å². The molecule has 2 amide bonds. The van der Waals surface area contributed by atoms with E-state index in [0.29, 0.717) is 13.1 Å². The predicted octanol–water partition coefficient (Wildman–Crippen LogP) is 3.97. The van der Waals surface area contributed by atoms with Crippen LogP contribution in [0.1, 0.15) is 78.6 Å². The van der Waals surface area contributed by atoms with E-state index in [-0.39, 0.29) is 23.5 Å². The van der Waals surface area contributed by atoms with E-state index in [1.54, 1.807) is 4.90 Å². The van der Waals surface area contributed by atoms with Crippen LogP contribution >= 0.6 is 11.8 Å². The number of nitrogens with one attached hydrogen (secondary N) is 1. The minimum absolute atomic E-state index is 0.0207. The lowest BCUT2D eigenvalue weighted by Crippen LogP contribution is -2.35. The van der Waals surface area contributed by atoms with Gasteiger partial charge in [-0.05, 0) is 19.3 Å². The Morgan fingerprint density at radius 1 is 1.08 bits per heavy atom. The fraction of sp³-hybridized carbons (Fsp3) is 0.842. The van der Waals surface area contributed by atoms with Gasteiger partial charge in [0, 0.05) is 26.1 Å². The maximum Gasteiger partial charge on any atom is 0.242 e. The molecule has 1 fully saturated rings. The zero-order valence-electron chi connectivity index (χ0n) is 16.2. The number of amides is 2. The highest BCUT2D eigenvalue weighted by Gasteiger charge is 2.38. The van der Waals surface area contributed by atoms with Crippen LogP contribution in [-0.2, 0) is 9.59 Å². The van der Waals surface area contributed by atoms with Crippen LogP contribution in [0.2, 0.25) is 0 Å². The molecule has 6 heteroatoms.